The molecule has 2 rings (SSSR count). The molecule has 0 aromatic carbocycles. The van der Waals surface area contributed by atoms with E-state index in [0.717, 1.165) is 13.0 Å². The van der Waals surface area contributed by atoms with E-state index in [0.29, 0.717) is 24.4 Å². The number of fused-ring (bicyclic) bond motifs is 1. The standard InChI is InChI=1S/C11H18O3/c1-13-11(12)7-8-3-2-4-10-9(8)5-6-14-10/h8-10H,2-7H2,1H3/t8-,9-,10+/m1/s1. The van der Waals surface area contributed by atoms with E-state index in [1.807, 2.05) is 0 Å². The fraction of sp³-hybridized carbons (Fsp3) is 0.909. The molecule has 1 saturated carbocycles. The molecule has 0 amide bonds. The fourth-order valence-corrected chi connectivity index (χ4v) is 2.85. The summed E-state index contributed by atoms with van der Waals surface area (Å²) in [5.74, 6) is 1.05. The molecule has 1 saturated heterocycles. The normalized spacial score (nSPS) is 36.5. The average Bonchev–Trinajstić information content (AvgIpc) is 2.66. The molecule has 0 spiro atoms. The van der Waals surface area contributed by atoms with Crippen molar-refractivity contribution in [3.05, 3.63) is 0 Å². The monoisotopic (exact) mass is 198 g/mol. The van der Waals surface area contributed by atoms with Crippen LogP contribution in [0.25, 0.3) is 0 Å². The predicted octanol–water partition coefficient (Wildman–Crippen LogP) is 1.75. The van der Waals surface area contributed by atoms with Crippen molar-refractivity contribution in [1.82, 2.24) is 0 Å². The predicted molar refractivity (Wildman–Crippen MR) is 51.8 cm³/mol. The van der Waals surface area contributed by atoms with Crippen molar-refractivity contribution in [3.63, 3.8) is 0 Å². The van der Waals surface area contributed by atoms with E-state index in [-0.39, 0.29) is 5.97 Å². The summed E-state index contributed by atoms with van der Waals surface area (Å²) in [7, 11) is 1.47. The van der Waals surface area contributed by atoms with Crippen LogP contribution in [-0.2, 0) is 14.3 Å². The Morgan fingerprint density at radius 1 is 1.43 bits per heavy atom. The number of rotatable bonds is 2. The molecule has 0 radical (unpaired) electrons. The van der Waals surface area contributed by atoms with E-state index < -0.39 is 0 Å². The Morgan fingerprint density at radius 3 is 3.07 bits per heavy atom. The third-order valence-electron chi connectivity index (χ3n) is 3.59. The van der Waals surface area contributed by atoms with Crippen molar-refractivity contribution in [1.29, 1.82) is 0 Å². The fourth-order valence-electron chi connectivity index (χ4n) is 2.85. The van der Waals surface area contributed by atoms with Crippen LogP contribution in [0.5, 0.6) is 0 Å². The van der Waals surface area contributed by atoms with Gasteiger partial charge >= 0.3 is 5.97 Å². The van der Waals surface area contributed by atoms with Crippen LogP contribution >= 0.6 is 0 Å². The quantitative estimate of drug-likeness (QED) is 0.634. The van der Waals surface area contributed by atoms with Crippen LogP contribution in [0.2, 0.25) is 0 Å². The minimum atomic E-state index is -0.0671. The third-order valence-corrected chi connectivity index (χ3v) is 3.59. The SMILES string of the molecule is COC(=O)C[C@H]1CCC[C@@H]2OCC[C@H]12. The van der Waals surface area contributed by atoms with E-state index in [2.05, 4.69) is 0 Å². The number of hydrogen-bond donors (Lipinski definition) is 0. The molecule has 3 nitrogen and oxygen atoms in total. The Kier molecular flexibility index (Phi) is 3.06. The minimum absolute atomic E-state index is 0.0671. The first-order chi connectivity index (χ1) is 6.81. The zero-order chi connectivity index (χ0) is 9.97. The number of methoxy groups -OCH3 is 1. The zero-order valence-corrected chi connectivity index (χ0v) is 8.70. The van der Waals surface area contributed by atoms with Gasteiger partial charge in [0.2, 0.25) is 0 Å². The van der Waals surface area contributed by atoms with Crippen molar-refractivity contribution >= 4 is 5.97 Å². The van der Waals surface area contributed by atoms with Gasteiger partial charge < -0.3 is 9.47 Å². The molecule has 80 valence electrons. The van der Waals surface area contributed by atoms with Crippen LogP contribution in [0.4, 0.5) is 0 Å². The van der Waals surface area contributed by atoms with E-state index in [4.69, 9.17) is 9.47 Å². The van der Waals surface area contributed by atoms with Crippen molar-refractivity contribution in [2.75, 3.05) is 13.7 Å². The van der Waals surface area contributed by atoms with Crippen LogP contribution in [0.3, 0.4) is 0 Å². The molecule has 2 aliphatic rings. The number of esters is 1. The molecule has 1 aliphatic carbocycles. The number of ether oxygens (including phenoxy) is 2. The van der Waals surface area contributed by atoms with E-state index in [1.165, 1.54) is 26.4 Å². The highest BCUT2D eigenvalue weighted by Crippen LogP contribution is 2.40. The van der Waals surface area contributed by atoms with Crippen LogP contribution in [0, 0.1) is 11.8 Å². The highest BCUT2D eigenvalue weighted by molar-refractivity contribution is 5.69. The molecule has 14 heavy (non-hydrogen) atoms. The Morgan fingerprint density at radius 2 is 2.29 bits per heavy atom. The largest absolute Gasteiger partial charge is 0.469 e. The minimum Gasteiger partial charge on any atom is -0.469 e. The second-order valence-electron chi connectivity index (χ2n) is 4.33. The van der Waals surface area contributed by atoms with Crippen molar-refractivity contribution in [2.24, 2.45) is 11.8 Å². The summed E-state index contributed by atoms with van der Waals surface area (Å²) in [4.78, 5) is 11.2. The van der Waals surface area contributed by atoms with Crippen LogP contribution in [-0.4, -0.2) is 25.8 Å². The molecule has 0 N–H and O–H groups in total. The Balaban J connectivity index is 1.93. The van der Waals surface area contributed by atoms with Gasteiger partial charge in [0.25, 0.3) is 0 Å². The lowest BCUT2D eigenvalue weighted by Crippen LogP contribution is -2.30. The molecular weight excluding hydrogens is 180 g/mol. The molecule has 0 aromatic rings. The van der Waals surface area contributed by atoms with E-state index in [1.54, 1.807) is 0 Å². The van der Waals surface area contributed by atoms with Gasteiger partial charge in [-0.15, -0.1) is 0 Å². The van der Waals surface area contributed by atoms with Crippen molar-refractivity contribution in [2.45, 2.75) is 38.2 Å². The summed E-state index contributed by atoms with van der Waals surface area (Å²) < 4.78 is 10.4. The Labute approximate surface area is 84.8 Å². The van der Waals surface area contributed by atoms with Gasteiger partial charge in [0.15, 0.2) is 0 Å². The smallest absolute Gasteiger partial charge is 0.305 e. The first-order valence-electron chi connectivity index (χ1n) is 5.49. The molecule has 3 heteroatoms. The maximum atomic E-state index is 11.2. The molecule has 0 bridgehead atoms. The summed E-state index contributed by atoms with van der Waals surface area (Å²) in [6.45, 7) is 0.882. The Bertz CT molecular complexity index is 215. The van der Waals surface area contributed by atoms with Crippen LogP contribution in [0.15, 0.2) is 0 Å². The number of hydrogen-bond acceptors (Lipinski definition) is 3. The van der Waals surface area contributed by atoms with E-state index in [9.17, 15) is 4.79 Å². The summed E-state index contributed by atoms with van der Waals surface area (Å²) >= 11 is 0. The van der Waals surface area contributed by atoms with Crippen LogP contribution in [0.1, 0.15) is 32.1 Å². The van der Waals surface area contributed by atoms with Crippen molar-refractivity contribution in [3.8, 4) is 0 Å². The lowest BCUT2D eigenvalue weighted by atomic mass is 9.75. The first kappa shape index (κ1) is 9.97. The molecule has 1 heterocycles. The second kappa shape index (κ2) is 4.30. The second-order valence-corrected chi connectivity index (χ2v) is 4.33. The average molecular weight is 198 g/mol. The highest BCUT2D eigenvalue weighted by atomic mass is 16.5. The van der Waals surface area contributed by atoms with E-state index >= 15 is 0 Å². The van der Waals surface area contributed by atoms with Crippen molar-refractivity contribution < 1.29 is 14.3 Å². The molecule has 0 aromatic heterocycles. The van der Waals surface area contributed by atoms with Gasteiger partial charge in [-0.25, -0.2) is 0 Å². The zero-order valence-electron chi connectivity index (χ0n) is 8.70. The summed E-state index contributed by atoms with van der Waals surface area (Å²) in [6.07, 6.45) is 5.69. The summed E-state index contributed by atoms with van der Waals surface area (Å²) in [5, 5.41) is 0. The van der Waals surface area contributed by atoms with Gasteiger partial charge in [-0.3, -0.25) is 4.79 Å². The summed E-state index contributed by atoms with van der Waals surface area (Å²) in [5.41, 5.74) is 0. The van der Waals surface area contributed by atoms with Crippen LogP contribution < -0.4 is 0 Å². The Hall–Kier alpha value is -0.570. The number of carbonyl (C=O) groups is 1. The third kappa shape index (κ3) is 1.92. The summed E-state index contributed by atoms with van der Waals surface area (Å²) in [6, 6.07) is 0. The topological polar surface area (TPSA) is 35.5 Å². The molecule has 0 unspecified atom stereocenters. The van der Waals surface area contributed by atoms with Gasteiger partial charge in [0, 0.05) is 13.0 Å². The first-order valence-corrected chi connectivity index (χ1v) is 5.49. The lowest BCUT2D eigenvalue weighted by Gasteiger charge is -2.31. The van der Waals surface area contributed by atoms with Gasteiger partial charge in [-0.1, -0.05) is 6.42 Å². The molecule has 3 atom stereocenters. The van der Waals surface area contributed by atoms with Gasteiger partial charge in [-0.05, 0) is 31.1 Å². The highest BCUT2D eigenvalue weighted by Gasteiger charge is 2.38. The molecule has 1 aliphatic heterocycles. The number of carbonyl (C=O) groups excluding carboxylic acids is 1. The maximum Gasteiger partial charge on any atom is 0.305 e. The lowest BCUT2D eigenvalue weighted by molar-refractivity contribution is -0.142. The van der Waals surface area contributed by atoms with Gasteiger partial charge in [0.05, 0.1) is 13.2 Å². The molecular formula is C11H18O3. The maximum absolute atomic E-state index is 11.2. The van der Waals surface area contributed by atoms with Gasteiger partial charge in [0.1, 0.15) is 0 Å². The molecule has 2 fully saturated rings. The van der Waals surface area contributed by atoms with Gasteiger partial charge in [-0.2, -0.15) is 0 Å².